The van der Waals surface area contributed by atoms with Gasteiger partial charge in [0.1, 0.15) is 18.2 Å². The van der Waals surface area contributed by atoms with Gasteiger partial charge in [-0.1, -0.05) is 12.1 Å². The third-order valence-electron chi connectivity index (χ3n) is 4.32. The number of carbonyl (C=O) groups is 2. The van der Waals surface area contributed by atoms with Gasteiger partial charge in [-0.05, 0) is 24.3 Å². The minimum absolute atomic E-state index is 0.0339. The molecule has 0 N–H and O–H groups in total. The SMILES string of the molecule is COC(=O)C1=C(C(=O)OC)N(c2cccc(OCCc3ccccn3)c2)COC1. The molecule has 1 aromatic heterocycles. The van der Waals surface area contributed by atoms with E-state index in [1.54, 1.807) is 29.3 Å². The van der Waals surface area contributed by atoms with Gasteiger partial charge in [0.25, 0.3) is 0 Å². The van der Waals surface area contributed by atoms with Gasteiger partial charge in [0, 0.05) is 30.1 Å². The van der Waals surface area contributed by atoms with Crippen LogP contribution in [0.25, 0.3) is 0 Å². The highest BCUT2D eigenvalue weighted by atomic mass is 16.5. The van der Waals surface area contributed by atoms with Crippen molar-refractivity contribution in [2.24, 2.45) is 0 Å². The summed E-state index contributed by atoms with van der Waals surface area (Å²) < 4.78 is 21.0. The van der Waals surface area contributed by atoms with Crippen LogP contribution in [0, 0.1) is 0 Å². The number of benzene rings is 1. The van der Waals surface area contributed by atoms with Crippen LogP contribution < -0.4 is 9.64 Å². The van der Waals surface area contributed by atoms with Gasteiger partial charge >= 0.3 is 11.9 Å². The molecule has 2 heterocycles. The van der Waals surface area contributed by atoms with E-state index in [1.165, 1.54) is 14.2 Å². The summed E-state index contributed by atoms with van der Waals surface area (Å²) in [5.41, 5.74) is 1.76. The largest absolute Gasteiger partial charge is 0.493 e. The Balaban J connectivity index is 1.80. The molecule has 3 rings (SSSR count). The van der Waals surface area contributed by atoms with E-state index in [2.05, 4.69) is 4.98 Å². The van der Waals surface area contributed by atoms with Crippen molar-refractivity contribution < 1.29 is 28.5 Å². The lowest BCUT2D eigenvalue weighted by Gasteiger charge is -2.31. The van der Waals surface area contributed by atoms with Crippen LogP contribution >= 0.6 is 0 Å². The Bertz CT molecular complexity index is 897. The van der Waals surface area contributed by atoms with Crippen LogP contribution in [0.1, 0.15) is 5.69 Å². The predicted molar refractivity (Wildman–Crippen MR) is 104 cm³/mol. The zero-order chi connectivity index (χ0) is 20.6. The van der Waals surface area contributed by atoms with Crippen molar-refractivity contribution in [2.45, 2.75) is 6.42 Å². The summed E-state index contributed by atoms with van der Waals surface area (Å²) in [7, 11) is 2.51. The molecule has 0 spiro atoms. The number of hydrogen-bond donors (Lipinski definition) is 0. The van der Waals surface area contributed by atoms with E-state index in [0.29, 0.717) is 24.5 Å². The third kappa shape index (κ3) is 4.91. The molecule has 1 aliphatic heterocycles. The minimum atomic E-state index is -0.643. The quantitative estimate of drug-likeness (QED) is 0.656. The van der Waals surface area contributed by atoms with Gasteiger partial charge in [-0.15, -0.1) is 0 Å². The molecule has 152 valence electrons. The molecular formula is C21H22N2O6. The van der Waals surface area contributed by atoms with Crippen LogP contribution in [0.5, 0.6) is 5.75 Å². The van der Waals surface area contributed by atoms with Gasteiger partial charge in [-0.2, -0.15) is 0 Å². The Kier molecular flexibility index (Phi) is 6.80. The first kappa shape index (κ1) is 20.3. The molecule has 0 saturated heterocycles. The van der Waals surface area contributed by atoms with Crippen molar-refractivity contribution in [1.29, 1.82) is 0 Å². The van der Waals surface area contributed by atoms with E-state index in [-0.39, 0.29) is 24.6 Å². The number of nitrogens with zero attached hydrogens (tertiary/aromatic N) is 2. The standard InChI is InChI=1S/C21H22N2O6/c1-26-20(24)18-13-28-14-23(19(18)21(25)27-2)16-7-5-8-17(12-16)29-11-9-15-6-3-4-10-22-15/h3-8,10,12H,9,11,13-14H2,1-2H3. The molecule has 8 heteroatoms. The van der Waals surface area contributed by atoms with Crippen LogP contribution in [0.15, 0.2) is 59.9 Å². The van der Waals surface area contributed by atoms with Gasteiger partial charge in [0.05, 0.1) is 33.0 Å². The maximum Gasteiger partial charge on any atom is 0.355 e. The first-order valence-corrected chi connectivity index (χ1v) is 9.02. The summed E-state index contributed by atoms with van der Waals surface area (Å²) >= 11 is 0. The topological polar surface area (TPSA) is 87.2 Å². The van der Waals surface area contributed by atoms with Gasteiger partial charge < -0.3 is 23.8 Å². The molecule has 2 aromatic rings. The van der Waals surface area contributed by atoms with Crippen molar-refractivity contribution >= 4 is 17.6 Å². The molecule has 0 fully saturated rings. The first-order chi connectivity index (χ1) is 14.1. The molecule has 0 amide bonds. The number of esters is 2. The van der Waals surface area contributed by atoms with Crippen molar-refractivity contribution in [1.82, 2.24) is 4.98 Å². The predicted octanol–water partition coefficient (Wildman–Crippen LogP) is 2.10. The Morgan fingerprint density at radius 2 is 1.93 bits per heavy atom. The number of methoxy groups -OCH3 is 2. The summed E-state index contributed by atoms with van der Waals surface area (Å²) in [5, 5.41) is 0. The highest BCUT2D eigenvalue weighted by Gasteiger charge is 2.32. The summed E-state index contributed by atoms with van der Waals surface area (Å²) in [5.74, 6) is -0.666. The van der Waals surface area contributed by atoms with E-state index in [0.717, 1.165) is 5.69 Å². The van der Waals surface area contributed by atoms with Crippen molar-refractivity contribution in [2.75, 3.05) is 39.1 Å². The molecule has 0 radical (unpaired) electrons. The average Bonchev–Trinajstić information content (AvgIpc) is 2.78. The molecule has 0 aliphatic carbocycles. The Morgan fingerprint density at radius 3 is 2.66 bits per heavy atom. The number of carbonyl (C=O) groups excluding carboxylic acids is 2. The fourth-order valence-electron chi connectivity index (χ4n) is 2.91. The van der Waals surface area contributed by atoms with E-state index >= 15 is 0 Å². The van der Waals surface area contributed by atoms with Crippen molar-refractivity contribution in [3.05, 3.63) is 65.6 Å². The van der Waals surface area contributed by atoms with Gasteiger partial charge in [-0.3, -0.25) is 4.98 Å². The fourth-order valence-corrected chi connectivity index (χ4v) is 2.91. The Hall–Kier alpha value is -3.39. The molecule has 0 bridgehead atoms. The third-order valence-corrected chi connectivity index (χ3v) is 4.32. The molecule has 1 aromatic carbocycles. The zero-order valence-electron chi connectivity index (χ0n) is 16.3. The van der Waals surface area contributed by atoms with Gasteiger partial charge in [-0.25, -0.2) is 9.59 Å². The lowest BCUT2D eigenvalue weighted by molar-refractivity contribution is -0.140. The van der Waals surface area contributed by atoms with Gasteiger partial charge in [0.2, 0.25) is 0 Å². The summed E-state index contributed by atoms with van der Waals surface area (Å²) in [6.45, 7) is 0.500. The lowest BCUT2D eigenvalue weighted by atomic mass is 10.1. The molecule has 8 nitrogen and oxygen atoms in total. The number of anilines is 1. The zero-order valence-corrected chi connectivity index (χ0v) is 16.3. The van der Waals surface area contributed by atoms with Crippen LogP contribution in [0.4, 0.5) is 5.69 Å². The number of aromatic nitrogens is 1. The number of rotatable bonds is 7. The fraction of sp³-hybridized carbons (Fsp3) is 0.286. The maximum atomic E-state index is 12.4. The minimum Gasteiger partial charge on any atom is -0.493 e. The van der Waals surface area contributed by atoms with Crippen LogP contribution in [-0.2, 0) is 30.2 Å². The smallest absolute Gasteiger partial charge is 0.355 e. The molecule has 29 heavy (non-hydrogen) atoms. The summed E-state index contributed by atoms with van der Waals surface area (Å²) in [6.07, 6.45) is 2.41. The van der Waals surface area contributed by atoms with E-state index < -0.39 is 11.9 Å². The highest BCUT2D eigenvalue weighted by molar-refractivity contribution is 6.03. The van der Waals surface area contributed by atoms with Crippen LogP contribution in [0.2, 0.25) is 0 Å². The molecule has 0 atom stereocenters. The number of hydrogen-bond acceptors (Lipinski definition) is 8. The van der Waals surface area contributed by atoms with E-state index in [1.807, 2.05) is 24.3 Å². The second-order valence-corrected chi connectivity index (χ2v) is 6.13. The van der Waals surface area contributed by atoms with Crippen LogP contribution in [0.3, 0.4) is 0 Å². The average molecular weight is 398 g/mol. The normalized spacial score (nSPS) is 13.8. The molecule has 0 saturated carbocycles. The summed E-state index contributed by atoms with van der Waals surface area (Å²) in [6, 6.07) is 12.9. The second kappa shape index (κ2) is 9.70. The highest BCUT2D eigenvalue weighted by Crippen LogP contribution is 2.29. The van der Waals surface area contributed by atoms with Crippen molar-refractivity contribution in [3.8, 4) is 5.75 Å². The van der Waals surface area contributed by atoms with Crippen molar-refractivity contribution in [3.63, 3.8) is 0 Å². The molecular weight excluding hydrogens is 376 g/mol. The molecule has 1 aliphatic rings. The van der Waals surface area contributed by atoms with E-state index in [9.17, 15) is 9.59 Å². The first-order valence-electron chi connectivity index (χ1n) is 9.02. The lowest BCUT2D eigenvalue weighted by Crippen LogP contribution is -2.38. The van der Waals surface area contributed by atoms with Gasteiger partial charge in [0.15, 0.2) is 0 Å². The molecule has 0 unspecified atom stereocenters. The summed E-state index contributed by atoms with van der Waals surface area (Å²) in [4.78, 5) is 30.3. The van der Waals surface area contributed by atoms with Crippen LogP contribution in [-0.4, -0.2) is 51.1 Å². The maximum absolute atomic E-state index is 12.4. The Morgan fingerprint density at radius 1 is 1.10 bits per heavy atom. The van der Waals surface area contributed by atoms with E-state index in [4.69, 9.17) is 18.9 Å². The monoisotopic (exact) mass is 398 g/mol. The number of ether oxygens (including phenoxy) is 4. The number of pyridine rings is 1. The second-order valence-electron chi connectivity index (χ2n) is 6.13. The Labute approximate surface area is 168 Å².